The number of hydrogen-bond donors (Lipinski definition) is 0. The molecule has 0 bridgehead atoms. The van der Waals surface area contributed by atoms with Crippen LogP contribution >= 0.6 is 0 Å². The van der Waals surface area contributed by atoms with Crippen LogP contribution in [0.2, 0.25) is 0 Å². The molecule has 0 unspecified atom stereocenters. The summed E-state index contributed by atoms with van der Waals surface area (Å²) in [5.41, 5.74) is 25.6. The minimum atomic E-state index is -0.934. The number of anilines is 8. The predicted molar refractivity (Wildman–Crippen MR) is 404 cm³/mol. The van der Waals surface area contributed by atoms with Crippen molar-refractivity contribution in [2.75, 3.05) is 48.0 Å². The van der Waals surface area contributed by atoms with E-state index in [0.717, 1.165) is 135 Å². The minimum absolute atomic E-state index is 0.591. The molecule has 0 aliphatic heterocycles. The van der Waals surface area contributed by atoms with Crippen molar-refractivity contribution >= 4 is 69.8 Å². The summed E-state index contributed by atoms with van der Waals surface area (Å²) in [4.78, 5) is 9.74. The normalized spacial score (nSPS) is 11.9. The summed E-state index contributed by atoms with van der Waals surface area (Å²) < 4.78 is 23.1. The summed E-state index contributed by atoms with van der Waals surface area (Å²) >= 11 is 0. The summed E-state index contributed by atoms with van der Waals surface area (Å²) in [7, 11) is 6.87. The second kappa shape index (κ2) is 27.1. The van der Waals surface area contributed by atoms with Gasteiger partial charge < -0.3 is 38.5 Å². The molecule has 97 heavy (non-hydrogen) atoms. The van der Waals surface area contributed by atoms with Gasteiger partial charge in [-0.3, -0.25) is 0 Å². The van der Waals surface area contributed by atoms with E-state index in [2.05, 4.69) is 313 Å². The van der Waals surface area contributed by atoms with Crippen molar-refractivity contribution in [2.45, 2.75) is 31.6 Å². The van der Waals surface area contributed by atoms with E-state index in [1.165, 1.54) is 22.3 Å². The zero-order chi connectivity index (χ0) is 66.6. The summed E-state index contributed by atoms with van der Waals surface area (Å²) in [6.07, 6.45) is 7.58. The van der Waals surface area contributed by atoms with Gasteiger partial charge in [-0.05, 0) is 235 Å². The van der Waals surface area contributed by atoms with E-state index < -0.39 is 5.41 Å². The third kappa shape index (κ3) is 12.1. The Hall–Kier alpha value is -12.0. The number of benzene rings is 12. The highest BCUT2D eigenvalue weighted by Gasteiger charge is 2.53. The molecule has 0 amide bonds. The van der Waals surface area contributed by atoms with Gasteiger partial charge in [-0.15, -0.1) is 0 Å². The molecule has 476 valence electrons. The smallest absolute Gasteiger partial charge is 0.119 e. The molecule has 0 N–H and O–H groups in total. The van der Waals surface area contributed by atoms with Crippen molar-refractivity contribution in [3.05, 3.63) is 360 Å². The zero-order valence-corrected chi connectivity index (χ0v) is 55.3. The van der Waals surface area contributed by atoms with Crippen molar-refractivity contribution in [3.63, 3.8) is 0 Å². The van der Waals surface area contributed by atoms with E-state index in [-0.39, 0.29) is 0 Å². The summed E-state index contributed by atoms with van der Waals surface area (Å²) in [5, 5.41) is 0. The molecule has 8 nitrogen and oxygen atoms in total. The zero-order valence-electron chi connectivity index (χ0n) is 55.3. The van der Waals surface area contributed by atoms with Crippen molar-refractivity contribution in [3.8, 4) is 45.3 Å². The van der Waals surface area contributed by atoms with Crippen molar-refractivity contribution in [1.82, 2.24) is 0 Å². The van der Waals surface area contributed by atoms with Gasteiger partial charge in [0.1, 0.15) is 23.0 Å². The number of rotatable bonds is 24. The first-order valence-corrected chi connectivity index (χ1v) is 32.7. The molecule has 2 aliphatic rings. The molecule has 12 aromatic carbocycles. The van der Waals surface area contributed by atoms with Crippen molar-refractivity contribution in [1.29, 1.82) is 0 Å². The standard InChI is InChI=1S/C89H76N4O4/c1-9-61-13-21-65(22-14-61)57-90(69-29-41-77(94-5)42-30-69)73-37-49-81-82-50-38-74(91(70-31-43-78(95-6)44-32-70)58-66-23-15-62(10-2)16-24-66)54-86(82)89(85(81)53-73)87-55-75(92(71-33-45-79(96-7)46-34-71)59-67-25-17-63(11-3)18-26-67)39-51-83(87)84-52-40-76(56-88(84)89)93(72-35-47-80(97-8)48-36-72)60-68-27-19-64(12-4)20-28-68/h9-56H,1-4,57-60H2,5-8H3. The van der Waals surface area contributed by atoms with Crippen LogP contribution in [0.4, 0.5) is 45.5 Å². The molecule has 0 aromatic heterocycles. The fourth-order valence-electron chi connectivity index (χ4n) is 14.0. The lowest BCUT2D eigenvalue weighted by molar-refractivity contribution is 0.414. The van der Waals surface area contributed by atoms with Gasteiger partial charge in [-0.2, -0.15) is 0 Å². The second-order valence-corrected chi connectivity index (χ2v) is 24.6. The van der Waals surface area contributed by atoms with E-state index >= 15 is 0 Å². The van der Waals surface area contributed by atoms with Gasteiger partial charge in [0.2, 0.25) is 0 Å². The molecular formula is C89H76N4O4. The highest BCUT2D eigenvalue weighted by molar-refractivity contribution is 5.98. The average molecular weight is 1270 g/mol. The lowest BCUT2D eigenvalue weighted by atomic mass is 9.70. The van der Waals surface area contributed by atoms with E-state index in [1.54, 1.807) is 28.4 Å². The number of fused-ring (bicyclic) bond motifs is 10. The van der Waals surface area contributed by atoms with Crippen LogP contribution in [0.3, 0.4) is 0 Å². The van der Waals surface area contributed by atoms with E-state index in [1.807, 2.05) is 24.3 Å². The van der Waals surface area contributed by atoms with Gasteiger partial charge in [0.25, 0.3) is 0 Å². The third-order valence-corrected chi connectivity index (χ3v) is 19.2. The molecule has 1 spiro atoms. The maximum atomic E-state index is 5.78. The molecule has 0 atom stereocenters. The molecule has 8 heteroatoms. The fraction of sp³-hybridized carbons (Fsp3) is 0.101. The van der Waals surface area contributed by atoms with Gasteiger partial charge in [-0.1, -0.05) is 172 Å². The molecule has 0 saturated carbocycles. The maximum Gasteiger partial charge on any atom is 0.119 e. The molecule has 14 rings (SSSR count). The molecule has 0 radical (unpaired) electrons. The Kier molecular flexibility index (Phi) is 17.5. The van der Waals surface area contributed by atoms with Gasteiger partial charge in [0.05, 0.1) is 33.9 Å². The van der Waals surface area contributed by atoms with Crippen LogP contribution in [0, 0.1) is 0 Å². The number of methoxy groups -OCH3 is 4. The molecule has 0 saturated heterocycles. The second-order valence-electron chi connectivity index (χ2n) is 24.6. The van der Waals surface area contributed by atoms with Crippen LogP contribution in [-0.2, 0) is 31.6 Å². The van der Waals surface area contributed by atoms with E-state index in [9.17, 15) is 0 Å². The van der Waals surface area contributed by atoms with Crippen LogP contribution in [0.5, 0.6) is 23.0 Å². The lowest BCUT2D eigenvalue weighted by Crippen LogP contribution is -2.28. The van der Waals surface area contributed by atoms with Crippen LogP contribution in [0.25, 0.3) is 46.6 Å². The predicted octanol–water partition coefficient (Wildman–Crippen LogP) is 22.0. The number of ether oxygens (including phenoxy) is 4. The topological polar surface area (TPSA) is 49.9 Å². The first kappa shape index (κ1) is 62.4. The van der Waals surface area contributed by atoms with Gasteiger partial charge in [-0.25, -0.2) is 0 Å². The van der Waals surface area contributed by atoms with Crippen LogP contribution in [0.1, 0.15) is 66.8 Å². The van der Waals surface area contributed by atoms with Crippen molar-refractivity contribution in [2.24, 2.45) is 0 Å². The highest BCUT2D eigenvalue weighted by Crippen LogP contribution is 2.65. The number of nitrogens with zero attached hydrogens (tertiary/aromatic N) is 4. The summed E-state index contributed by atoms with van der Waals surface area (Å²) in [6.45, 7) is 18.7. The van der Waals surface area contributed by atoms with Crippen LogP contribution in [-0.4, -0.2) is 28.4 Å². The van der Waals surface area contributed by atoms with Gasteiger partial charge >= 0.3 is 0 Å². The van der Waals surface area contributed by atoms with Gasteiger partial charge in [0.15, 0.2) is 0 Å². The largest absolute Gasteiger partial charge is 0.497 e. The number of hydrogen-bond acceptors (Lipinski definition) is 8. The Morgan fingerprint density at radius 1 is 0.247 bits per heavy atom. The quantitative estimate of drug-likeness (QED) is 0.0593. The molecule has 0 heterocycles. The minimum Gasteiger partial charge on any atom is -0.497 e. The Morgan fingerprint density at radius 3 is 0.608 bits per heavy atom. The van der Waals surface area contributed by atoms with Crippen molar-refractivity contribution < 1.29 is 18.9 Å². The Morgan fingerprint density at radius 2 is 0.433 bits per heavy atom. The first-order chi connectivity index (χ1) is 47.6. The third-order valence-electron chi connectivity index (χ3n) is 19.2. The molecule has 12 aromatic rings. The Balaban J connectivity index is 1.06. The maximum absolute atomic E-state index is 5.78. The molecular weight excluding hydrogens is 1190 g/mol. The Bertz CT molecular complexity index is 4230. The summed E-state index contributed by atoms with van der Waals surface area (Å²) in [5.74, 6) is 3.15. The van der Waals surface area contributed by atoms with Crippen LogP contribution < -0.4 is 38.5 Å². The summed E-state index contributed by atoms with van der Waals surface area (Å²) in [6, 6.07) is 97.2. The van der Waals surface area contributed by atoms with E-state index in [4.69, 9.17) is 18.9 Å². The first-order valence-electron chi connectivity index (χ1n) is 32.7. The lowest BCUT2D eigenvalue weighted by Gasteiger charge is -2.35. The monoisotopic (exact) mass is 1260 g/mol. The van der Waals surface area contributed by atoms with Crippen LogP contribution in [0.15, 0.2) is 293 Å². The Labute approximate surface area is 570 Å². The SMILES string of the molecule is C=Cc1ccc(CN(c2ccc(OC)cc2)c2ccc3c(c2)C2(c4cc(N(Cc5ccc(C=C)cc5)c5ccc(OC)cc5)ccc4-3)c3cc(N(Cc4ccc(C=C)cc4)c4ccc(OC)cc4)ccc3-c3ccc(N(Cc4ccc(C=C)cc4)c4ccc(OC)cc4)cc32)cc1. The molecule has 0 fully saturated rings. The van der Waals surface area contributed by atoms with E-state index in [0.29, 0.717) is 26.2 Å². The molecule has 2 aliphatic carbocycles. The average Bonchev–Trinajstić information content (AvgIpc) is 1.51. The highest BCUT2D eigenvalue weighted by atomic mass is 16.5. The fourth-order valence-corrected chi connectivity index (χ4v) is 14.0. The van der Waals surface area contributed by atoms with Gasteiger partial charge in [0, 0.05) is 71.7 Å².